The highest BCUT2D eigenvalue weighted by molar-refractivity contribution is 6.36. The molecule has 0 saturated heterocycles. The van der Waals surface area contributed by atoms with Crippen LogP contribution in [0.2, 0.25) is 10.0 Å². The van der Waals surface area contributed by atoms with E-state index in [0.29, 0.717) is 27.6 Å². The lowest BCUT2D eigenvalue weighted by Gasteiger charge is -2.20. The van der Waals surface area contributed by atoms with Crippen LogP contribution >= 0.6 is 23.2 Å². The summed E-state index contributed by atoms with van der Waals surface area (Å²) in [7, 11) is 0. The number of halogens is 2. The van der Waals surface area contributed by atoms with E-state index in [-0.39, 0.29) is 12.1 Å². The van der Waals surface area contributed by atoms with Gasteiger partial charge in [0.05, 0.1) is 16.4 Å². The summed E-state index contributed by atoms with van der Waals surface area (Å²) in [6, 6.07) is 13.5. The van der Waals surface area contributed by atoms with E-state index in [1.54, 1.807) is 12.1 Å². The summed E-state index contributed by atoms with van der Waals surface area (Å²) in [6.07, 6.45) is 0.950. The minimum atomic E-state index is 0.163. The highest BCUT2D eigenvalue weighted by Gasteiger charge is 2.17. The lowest BCUT2D eigenvalue weighted by atomic mass is 10.1. The quantitative estimate of drug-likeness (QED) is 0.594. The van der Waals surface area contributed by atoms with Gasteiger partial charge in [0.2, 0.25) is 0 Å². The molecule has 0 bridgehead atoms. The molecule has 1 aromatic heterocycles. The number of aromatic nitrogens is 2. The van der Waals surface area contributed by atoms with Crippen LogP contribution in [0.15, 0.2) is 47.5 Å². The molecule has 2 unspecified atom stereocenters. The Labute approximate surface area is 167 Å². The smallest absolute Gasteiger partial charge is 0.162 e. The molecule has 27 heavy (non-hydrogen) atoms. The van der Waals surface area contributed by atoms with Crippen LogP contribution in [-0.2, 0) is 0 Å². The number of guanidine groups is 1. The first kappa shape index (κ1) is 18.0. The highest BCUT2D eigenvalue weighted by atomic mass is 35.5. The number of para-hydroxylation sites is 1. The molecular weight excluding hydrogens is 381 g/mol. The van der Waals surface area contributed by atoms with Crippen LogP contribution in [0.4, 0.5) is 5.82 Å². The van der Waals surface area contributed by atoms with Crippen molar-refractivity contribution in [2.75, 3.05) is 5.32 Å². The number of hydrogen-bond donors (Lipinski definition) is 1. The number of anilines is 1. The van der Waals surface area contributed by atoms with E-state index in [2.05, 4.69) is 34.5 Å². The number of nitrogens with zero attached hydrogens (tertiary/aromatic N) is 4. The van der Waals surface area contributed by atoms with Crippen molar-refractivity contribution >= 4 is 45.9 Å². The molecule has 1 aliphatic heterocycles. The van der Waals surface area contributed by atoms with Gasteiger partial charge in [-0.2, -0.15) is 0 Å². The molecule has 0 radical (unpaired) electrons. The largest absolute Gasteiger partial charge is 0.397 e. The second-order valence-corrected chi connectivity index (χ2v) is 7.30. The molecule has 5 nitrogen and oxygen atoms in total. The van der Waals surface area contributed by atoms with Crippen molar-refractivity contribution < 1.29 is 0 Å². The van der Waals surface area contributed by atoms with Crippen LogP contribution in [0.1, 0.15) is 20.3 Å². The predicted octanol–water partition coefficient (Wildman–Crippen LogP) is 5.93. The molecule has 0 aliphatic carbocycles. The second-order valence-electron chi connectivity index (χ2n) is 6.46. The summed E-state index contributed by atoms with van der Waals surface area (Å²) in [5.41, 5.74) is 1.54. The van der Waals surface area contributed by atoms with E-state index < -0.39 is 0 Å². The molecule has 7 heteroatoms. The molecule has 1 N–H and O–H groups in total. The summed E-state index contributed by atoms with van der Waals surface area (Å²) in [5.74, 6) is 1.79. The molecule has 0 amide bonds. The minimum absolute atomic E-state index is 0.163. The lowest BCUT2D eigenvalue weighted by molar-refractivity contribution is 0.631. The fraction of sp³-hybridized carbons (Fsp3) is 0.250. The molecule has 2 atom stereocenters. The summed E-state index contributed by atoms with van der Waals surface area (Å²) in [5, 5.41) is 9.92. The van der Waals surface area contributed by atoms with Gasteiger partial charge in [-0.25, -0.2) is 9.97 Å². The number of aliphatic imine (C=N–C) groups is 1. The molecular formula is C20H18Cl2N5-. The van der Waals surface area contributed by atoms with Crippen LogP contribution < -0.4 is 5.32 Å². The zero-order valence-electron chi connectivity index (χ0n) is 14.9. The lowest BCUT2D eigenvalue weighted by Crippen LogP contribution is -2.15. The Morgan fingerprint density at radius 1 is 1.11 bits per heavy atom. The summed E-state index contributed by atoms with van der Waals surface area (Å²) < 4.78 is 0. The van der Waals surface area contributed by atoms with Crippen LogP contribution in [0.3, 0.4) is 0 Å². The molecule has 2 heterocycles. The fourth-order valence-electron chi connectivity index (χ4n) is 3.14. The van der Waals surface area contributed by atoms with Gasteiger partial charge in [0, 0.05) is 28.0 Å². The Bertz CT molecular complexity index is 1030. The van der Waals surface area contributed by atoms with Crippen molar-refractivity contribution in [1.29, 1.82) is 0 Å². The van der Waals surface area contributed by atoms with Crippen LogP contribution in [-0.4, -0.2) is 28.0 Å². The van der Waals surface area contributed by atoms with E-state index in [1.165, 1.54) is 0 Å². The van der Waals surface area contributed by atoms with Gasteiger partial charge in [-0.15, -0.1) is 0 Å². The monoisotopic (exact) mass is 398 g/mol. The zero-order chi connectivity index (χ0) is 19.0. The Kier molecular flexibility index (Phi) is 4.89. The van der Waals surface area contributed by atoms with Gasteiger partial charge < -0.3 is 15.6 Å². The van der Waals surface area contributed by atoms with Crippen molar-refractivity contribution in [3.63, 3.8) is 0 Å². The minimum Gasteiger partial charge on any atom is -0.397 e. The summed E-state index contributed by atoms with van der Waals surface area (Å²) in [6.45, 7) is 4.19. The molecule has 0 spiro atoms. The summed E-state index contributed by atoms with van der Waals surface area (Å²) in [4.78, 5) is 14.0. The van der Waals surface area contributed by atoms with Crippen molar-refractivity contribution in [3.05, 3.63) is 57.8 Å². The van der Waals surface area contributed by atoms with Crippen LogP contribution in [0, 0.1) is 0 Å². The Morgan fingerprint density at radius 2 is 1.93 bits per heavy atom. The Balaban J connectivity index is 1.79. The molecule has 1 aliphatic rings. The van der Waals surface area contributed by atoms with Gasteiger partial charge in [0.15, 0.2) is 5.82 Å². The Hall–Kier alpha value is -2.37. The molecule has 138 valence electrons. The van der Waals surface area contributed by atoms with E-state index in [9.17, 15) is 0 Å². The molecule has 3 aromatic rings. The summed E-state index contributed by atoms with van der Waals surface area (Å²) >= 11 is 12.4. The van der Waals surface area contributed by atoms with Gasteiger partial charge in [-0.3, -0.25) is 0 Å². The van der Waals surface area contributed by atoms with E-state index in [1.807, 2.05) is 30.3 Å². The third-order valence-corrected chi connectivity index (χ3v) is 5.14. The van der Waals surface area contributed by atoms with Crippen LogP contribution in [0.25, 0.3) is 27.6 Å². The van der Waals surface area contributed by atoms with Gasteiger partial charge in [0.25, 0.3) is 0 Å². The molecule has 4 rings (SSSR count). The van der Waals surface area contributed by atoms with E-state index >= 15 is 0 Å². The van der Waals surface area contributed by atoms with Gasteiger partial charge >= 0.3 is 0 Å². The number of rotatable bonds is 3. The van der Waals surface area contributed by atoms with E-state index in [0.717, 1.165) is 22.9 Å². The maximum Gasteiger partial charge on any atom is 0.162 e. The van der Waals surface area contributed by atoms with Crippen molar-refractivity contribution in [1.82, 2.24) is 9.97 Å². The third-order valence-electron chi connectivity index (χ3n) is 4.59. The van der Waals surface area contributed by atoms with Gasteiger partial charge in [-0.1, -0.05) is 55.2 Å². The second kappa shape index (κ2) is 7.33. The topological polar surface area (TPSA) is 64.3 Å². The Morgan fingerprint density at radius 3 is 2.67 bits per heavy atom. The average Bonchev–Trinajstić information content (AvgIpc) is 3.01. The maximum atomic E-state index is 6.37. The fourth-order valence-corrected chi connectivity index (χ4v) is 3.64. The third kappa shape index (κ3) is 3.57. The molecule has 0 fully saturated rings. The maximum absolute atomic E-state index is 6.37. The van der Waals surface area contributed by atoms with Crippen LogP contribution in [0.5, 0.6) is 0 Å². The number of nitrogens with one attached hydrogen (secondary N) is 1. The number of fused-ring (bicyclic) bond motifs is 1. The normalized spacial score (nSPS) is 19.0. The first-order chi connectivity index (χ1) is 13.0. The van der Waals surface area contributed by atoms with E-state index in [4.69, 9.17) is 28.2 Å². The zero-order valence-corrected chi connectivity index (χ0v) is 16.5. The number of hydrogen-bond acceptors (Lipinski definition) is 4. The van der Waals surface area contributed by atoms with Gasteiger partial charge in [0.1, 0.15) is 0 Å². The number of benzene rings is 2. The average molecular weight is 399 g/mol. The predicted molar refractivity (Wildman–Crippen MR) is 113 cm³/mol. The van der Waals surface area contributed by atoms with Crippen molar-refractivity contribution in [3.8, 4) is 11.4 Å². The SMILES string of the molecule is CCC1[N-]C(Nc2nc(-c3ccc(Cl)cc3Cl)nc3ccccc23)=NC1C. The van der Waals surface area contributed by atoms with Crippen molar-refractivity contribution in [2.24, 2.45) is 4.99 Å². The molecule has 0 saturated carbocycles. The van der Waals surface area contributed by atoms with Crippen molar-refractivity contribution in [2.45, 2.75) is 32.4 Å². The van der Waals surface area contributed by atoms with Gasteiger partial charge in [-0.05, 0) is 36.7 Å². The first-order valence-corrected chi connectivity index (χ1v) is 9.58. The standard InChI is InChI=1S/C20H18Cl2N5/c1-3-16-11(2)23-20(25-16)27-19-14-6-4-5-7-17(14)24-18(26-19)13-9-8-12(21)10-15(13)22/h4-11,16H,3H2,1-2H3,(H-,23,24,25,26,27)/q-1. The highest BCUT2D eigenvalue weighted by Crippen LogP contribution is 2.32. The molecule has 2 aromatic carbocycles. The first-order valence-electron chi connectivity index (χ1n) is 8.83.